The second kappa shape index (κ2) is 8.07. The molecule has 0 unspecified atom stereocenters. The summed E-state index contributed by atoms with van der Waals surface area (Å²) in [6.45, 7) is 0.352. The van der Waals surface area contributed by atoms with Gasteiger partial charge in [0.2, 0.25) is 10.0 Å². The quantitative estimate of drug-likeness (QED) is 0.570. The van der Waals surface area contributed by atoms with E-state index in [1.54, 1.807) is 12.1 Å². The summed E-state index contributed by atoms with van der Waals surface area (Å²) in [7, 11) is -2.27. The number of fused-ring (bicyclic) bond motifs is 1. The Morgan fingerprint density at radius 2 is 1.77 bits per heavy atom. The van der Waals surface area contributed by atoms with Crippen molar-refractivity contribution < 1.29 is 17.9 Å². The molecule has 0 radical (unpaired) electrons. The third kappa shape index (κ3) is 4.17. The van der Waals surface area contributed by atoms with Gasteiger partial charge in [-0.15, -0.1) is 0 Å². The lowest BCUT2D eigenvalue weighted by Gasteiger charge is -2.12. The summed E-state index contributed by atoms with van der Waals surface area (Å²) in [5.74, 6) is 1.01. The summed E-state index contributed by atoms with van der Waals surface area (Å²) < 4.78 is 39.1. The summed E-state index contributed by atoms with van der Waals surface area (Å²) in [4.78, 5) is 0.0829. The summed E-state index contributed by atoms with van der Waals surface area (Å²) in [6, 6.07) is 18.5. The van der Waals surface area contributed by atoms with E-state index in [-0.39, 0.29) is 23.8 Å². The molecule has 3 aromatic rings. The highest BCUT2D eigenvalue weighted by Gasteiger charge is 2.19. The molecule has 0 saturated carbocycles. The van der Waals surface area contributed by atoms with Crippen molar-refractivity contribution >= 4 is 36.7 Å². The Labute approximate surface area is 161 Å². The first-order chi connectivity index (χ1) is 12.5. The molecule has 0 aromatic heterocycles. The summed E-state index contributed by atoms with van der Waals surface area (Å²) in [5.41, 5.74) is 0. The fourth-order valence-electron chi connectivity index (χ4n) is 2.60. The van der Waals surface area contributed by atoms with Crippen LogP contribution in [0.5, 0.6) is 11.5 Å². The minimum absolute atomic E-state index is 0.0829. The number of ether oxygens (including phenoxy) is 2. The standard InChI is InChI=1S/C19H18BrNO4S/c1-24-18-10-9-15(20)13-19(18)26(22,23)21-11-12-25-17-8-4-6-14-5-2-3-7-16(14)17/h2-10,13,21H,11-12H2,1H3. The first-order valence-corrected chi connectivity index (χ1v) is 10.2. The lowest BCUT2D eigenvalue weighted by Crippen LogP contribution is -2.28. The lowest BCUT2D eigenvalue weighted by atomic mass is 10.1. The molecule has 136 valence electrons. The van der Waals surface area contributed by atoms with Crippen LogP contribution in [0.25, 0.3) is 10.8 Å². The Bertz CT molecular complexity index is 1020. The number of hydrogen-bond donors (Lipinski definition) is 1. The molecular weight excluding hydrogens is 418 g/mol. The fourth-order valence-corrected chi connectivity index (χ4v) is 4.32. The van der Waals surface area contributed by atoms with Crippen molar-refractivity contribution in [1.29, 1.82) is 0 Å². The van der Waals surface area contributed by atoms with Gasteiger partial charge in [-0.25, -0.2) is 13.1 Å². The third-order valence-electron chi connectivity index (χ3n) is 3.82. The van der Waals surface area contributed by atoms with E-state index in [1.807, 2.05) is 42.5 Å². The maximum absolute atomic E-state index is 12.5. The average molecular weight is 436 g/mol. The topological polar surface area (TPSA) is 64.6 Å². The number of rotatable bonds is 7. The van der Waals surface area contributed by atoms with Crippen LogP contribution in [0.15, 0.2) is 70.0 Å². The molecule has 3 rings (SSSR count). The number of nitrogens with one attached hydrogen (secondary N) is 1. The van der Waals surface area contributed by atoms with Crippen LogP contribution in [-0.2, 0) is 10.0 Å². The van der Waals surface area contributed by atoms with Gasteiger partial charge >= 0.3 is 0 Å². The zero-order chi connectivity index (χ0) is 18.6. The second-order valence-corrected chi connectivity index (χ2v) is 8.17. The molecule has 0 amide bonds. The molecule has 1 N–H and O–H groups in total. The Balaban J connectivity index is 1.67. The molecule has 0 bridgehead atoms. The van der Waals surface area contributed by atoms with Gasteiger partial charge < -0.3 is 9.47 Å². The average Bonchev–Trinajstić information content (AvgIpc) is 2.65. The van der Waals surface area contributed by atoms with E-state index in [4.69, 9.17) is 9.47 Å². The van der Waals surface area contributed by atoms with Gasteiger partial charge in [-0.1, -0.05) is 52.3 Å². The Morgan fingerprint density at radius 3 is 2.58 bits per heavy atom. The molecule has 0 fully saturated rings. The van der Waals surface area contributed by atoms with Gasteiger partial charge in [0.05, 0.1) is 7.11 Å². The molecule has 0 saturated heterocycles. The van der Waals surface area contributed by atoms with Crippen LogP contribution in [0.4, 0.5) is 0 Å². The first kappa shape index (κ1) is 18.7. The van der Waals surface area contributed by atoms with Gasteiger partial charge in [0.1, 0.15) is 23.0 Å². The van der Waals surface area contributed by atoms with Crippen LogP contribution in [0.1, 0.15) is 0 Å². The predicted molar refractivity (Wildman–Crippen MR) is 105 cm³/mol. The van der Waals surface area contributed by atoms with Crippen molar-refractivity contribution in [2.24, 2.45) is 0 Å². The van der Waals surface area contributed by atoms with E-state index in [1.165, 1.54) is 13.2 Å². The van der Waals surface area contributed by atoms with Crippen molar-refractivity contribution in [3.63, 3.8) is 0 Å². The van der Waals surface area contributed by atoms with E-state index >= 15 is 0 Å². The van der Waals surface area contributed by atoms with Crippen LogP contribution in [-0.4, -0.2) is 28.7 Å². The summed E-state index contributed by atoms with van der Waals surface area (Å²) >= 11 is 3.28. The van der Waals surface area contributed by atoms with Gasteiger partial charge in [-0.05, 0) is 29.7 Å². The summed E-state index contributed by atoms with van der Waals surface area (Å²) in [6.07, 6.45) is 0. The number of halogens is 1. The Kier molecular flexibility index (Phi) is 5.80. The Hall–Kier alpha value is -2.09. The number of methoxy groups -OCH3 is 1. The smallest absolute Gasteiger partial charge is 0.244 e. The monoisotopic (exact) mass is 435 g/mol. The van der Waals surface area contributed by atoms with Crippen molar-refractivity contribution in [1.82, 2.24) is 4.72 Å². The normalized spacial score (nSPS) is 11.5. The molecule has 0 spiro atoms. The highest BCUT2D eigenvalue weighted by Crippen LogP contribution is 2.27. The molecule has 0 heterocycles. The highest BCUT2D eigenvalue weighted by molar-refractivity contribution is 9.10. The van der Waals surface area contributed by atoms with Gasteiger partial charge in [0.15, 0.2) is 0 Å². The van der Waals surface area contributed by atoms with E-state index in [9.17, 15) is 8.42 Å². The molecule has 0 atom stereocenters. The zero-order valence-electron chi connectivity index (χ0n) is 14.1. The van der Waals surface area contributed by atoms with Gasteiger partial charge in [0.25, 0.3) is 0 Å². The molecule has 26 heavy (non-hydrogen) atoms. The minimum Gasteiger partial charge on any atom is -0.495 e. The van der Waals surface area contributed by atoms with Crippen molar-refractivity contribution in [3.05, 3.63) is 65.1 Å². The predicted octanol–water partition coefficient (Wildman–Crippen LogP) is 3.97. The Morgan fingerprint density at radius 1 is 1.00 bits per heavy atom. The molecular formula is C19H18BrNO4S. The van der Waals surface area contributed by atoms with Crippen LogP contribution in [0.3, 0.4) is 0 Å². The maximum Gasteiger partial charge on any atom is 0.244 e. The molecule has 7 heteroatoms. The van der Waals surface area contributed by atoms with Crippen molar-refractivity contribution in [2.45, 2.75) is 4.90 Å². The number of sulfonamides is 1. The van der Waals surface area contributed by atoms with Crippen LogP contribution in [0, 0.1) is 0 Å². The molecule has 0 aliphatic heterocycles. The van der Waals surface area contributed by atoms with E-state index in [0.717, 1.165) is 16.5 Å². The van der Waals surface area contributed by atoms with Crippen LogP contribution >= 0.6 is 15.9 Å². The third-order valence-corrected chi connectivity index (χ3v) is 5.79. The van der Waals surface area contributed by atoms with E-state index in [2.05, 4.69) is 20.7 Å². The van der Waals surface area contributed by atoms with Gasteiger partial charge in [-0.2, -0.15) is 0 Å². The summed E-state index contributed by atoms with van der Waals surface area (Å²) in [5, 5.41) is 2.07. The van der Waals surface area contributed by atoms with Crippen LogP contribution < -0.4 is 14.2 Å². The fraction of sp³-hybridized carbons (Fsp3) is 0.158. The largest absolute Gasteiger partial charge is 0.495 e. The molecule has 5 nitrogen and oxygen atoms in total. The van der Waals surface area contributed by atoms with Gasteiger partial charge in [-0.3, -0.25) is 0 Å². The number of benzene rings is 3. The maximum atomic E-state index is 12.5. The highest BCUT2D eigenvalue weighted by atomic mass is 79.9. The van der Waals surface area contributed by atoms with Crippen molar-refractivity contribution in [2.75, 3.05) is 20.3 Å². The van der Waals surface area contributed by atoms with Gasteiger partial charge in [0, 0.05) is 16.4 Å². The zero-order valence-corrected chi connectivity index (χ0v) is 16.5. The minimum atomic E-state index is -3.71. The van der Waals surface area contributed by atoms with Crippen LogP contribution in [0.2, 0.25) is 0 Å². The van der Waals surface area contributed by atoms with E-state index in [0.29, 0.717) is 4.47 Å². The lowest BCUT2D eigenvalue weighted by molar-refractivity contribution is 0.326. The van der Waals surface area contributed by atoms with Crippen molar-refractivity contribution in [3.8, 4) is 11.5 Å². The van der Waals surface area contributed by atoms with E-state index < -0.39 is 10.0 Å². The SMILES string of the molecule is COc1ccc(Br)cc1S(=O)(=O)NCCOc1cccc2ccccc12. The molecule has 0 aliphatic rings. The number of hydrogen-bond acceptors (Lipinski definition) is 4. The second-order valence-electron chi connectivity index (χ2n) is 5.52. The molecule has 3 aromatic carbocycles. The molecule has 0 aliphatic carbocycles. The first-order valence-electron chi connectivity index (χ1n) is 7.95.